The summed E-state index contributed by atoms with van der Waals surface area (Å²) >= 11 is 0. The molecular weight excluding hydrogens is 408 g/mol. The highest BCUT2D eigenvalue weighted by atomic mass is 16.6. The molecule has 0 bridgehead atoms. The fourth-order valence-electron chi connectivity index (χ4n) is 4.46. The van der Waals surface area contributed by atoms with Crippen molar-refractivity contribution in [3.8, 4) is 11.3 Å². The Morgan fingerprint density at radius 2 is 1.69 bits per heavy atom. The first-order valence-corrected chi connectivity index (χ1v) is 11.2. The lowest BCUT2D eigenvalue weighted by Crippen LogP contribution is -2.43. The van der Waals surface area contributed by atoms with Crippen molar-refractivity contribution in [1.82, 2.24) is 19.9 Å². The minimum atomic E-state index is -1.34. The molecule has 4 rings (SSSR count). The number of H-pyrrole nitrogens is 1. The number of fused-ring (bicyclic) bond motifs is 2. The Hall–Kier alpha value is -3.29. The van der Waals surface area contributed by atoms with Gasteiger partial charge in [-0.3, -0.25) is 9.59 Å². The lowest BCUT2D eigenvalue weighted by atomic mass is 9.84. The van der Waals surface area contributed by atoms with Gasteiger partial charge >= 0.3 is 11.9 Å². The van der Waals surface area contributed by atoms with Gasteiger partial charge in [0, 0.05) is 5.56 Å². The molecule has 0 fully saturated rings. The summed E-state index contributed by atoms with van der Waals surface area (Å²) in [6.07, 6.45) is 6.58. The second-order valence-electron chi connectivity index (χ2n) is 8.08. The summed E-state index contributed by atoms with van der Waals surface area (Å²) in [7, 11) is 0. The zero-order chi connectivity index (χ0) is 22.7. The third-order valence-corrected chi connectivity index (χ3v) is 6.02. The van der Waals surface area contributed by atoms with Crippen LogP contribution in [0.1, 0.15) is 50.3 Å². The molecule has 2 aromatic heterocycles. The number of rotatable bonds is 8. The molecule has 0 spiro atoms. The average Bonchev–Trinajstić information content (AvgIpc) is 3.42. The number of nitrogens with zero attached hydrogens (tertiary/aromatic N) is 3. The number of esters is 2. The number of aromatic nitrogens is 4. The van der Waals surface area contributed by atoms with E-state index in [1.54, 1.807) is 20.2 Å². The number of unbranched alkanes of at least 4 members (excludes halogenated alkanes) is 1. The summed E-state index contributed by atoms with van der Waals surface area (Å²) < 4.78 is 10.6. The van der Waals surface area contributed by atoms with Crippen molar-refractivity contribution >= 4 is 23.1 Å². The number of hydrogen-bond acceptors (Lipinski definition) is 7. The van der Waals surface area contributed by atoms with Gasteiger partial charge in [-0.2, -0.15) is 0 Å². The molecule has 0 atom stereocenters. The molecule has 0 saturated heterocycles. The van der Waals surface area contributed by atoms with E-state index in [-0.39, 0.29) is 26.1 Å². The Balaban J connectivity index is 1.83. The molecule has 1 aromatic carbocycles. The molecule has 8 nitrogen and oxygen atoms in total. The zero-order valence-electron chi connectivity index (χ0n) is 18.7. The van der Waals surface area contributed by atoms with Gasteiger partial charge < -0.3 is 14.5 Å². The molecule has 0 amide bonds. The SMILES string of the molecule is CCCCc1cc2c(cc1-c1ncnc3nc[nH]c13)CC(C(=O)OCC)(C(=O)OCC)C2. The standard InChI is InChI=1S/C24H28N4O4/c1-4-7-8-15-9-16-11-24(22(29)31-5-2,23(30)32-6-3)12-17(16)10-18(15)19-20-21(27-13-25-19)28-14-26-20/h9-10,13-14H,4-8,11-12H2,1-3H3,(H,25,26,27,28). The van der Waals surface area contributed by atoms with E-state index in [0.717, 1.165) is 52.7 Å². The quantitative estimate of drug-likeness (QED) is 0.425. The first-order chi connectivity index (χ1) is 15.5. The number of ether oxygens (including phenoxy) is 2. The maximum absolute atomic E-state index is 12.9. The third kappa shape index (κ3) is 3.74. The normalized spacial score (nSPS) is 14.3. The number of carbonyl (C=O) groups excluding carboxylic acids is 2. The smallest absolute Gasteiger partial charge is 0.324 e. The van der Waals surface area contributed by atoms with Crippen LogP contribution in [0.25, 0.3) is 22.4 Å². The van der Waals surface area contributed by atoms with Gasteiger partial charge in [-0.1, -0.05) is 19.4 Å². The second-order valence-corrected chi connectivity index (χ2v) is 8.08. The van der Waals surface area contributed by atoms with Crippen molar-refractivity contribution in [2.45, 2.75) is 52.9 Å². The second kappa shape index (κ2) is 9.06. The van der Waals surface area contributed by atoms with Crippen LogP contribution in [-0.2, 0) is 38.3 Å². The Kier molecular flexibility index (Phi) is 6.21. The van der Waals surface area contributed by atoms with Crippen molar-refractivity contribution in [1.29, 1.82) is 0 Å². The topological polar surface area (TPSA) is 107 Å². The van der Waals surface area contributed by atoms with Crippen molar-refractivity contribution in [3.05, 3.63) is 41.5 Å². The molecule has 32 heavy (non-hydrogen) atoms. The molecule has 0 saturated carbocycles. The van der Waals surface area contributed by atoms with Crippen LogP contribution in [0.5, 0.6) is 0 Å². The van der Waals surface area contributed by atoms with E-state index in [2.05, 4.69) is 39.0 Å². The fraction of sp³-hybridized carbons (Fsp3) is 0.458. The summed E-state index contributed by atoms with van der Waals surface area (Å²) in [6, 6.07) is 4.17. The number of aryl methyl sites for hydroxylation is 1. The predicted molar refractivity (Wildman–Crippen MR) is 119 cm³/mol. The highest BCUT2D eigenvalue weighted by Crippen LogP contribution is 2.42. The van der Waals surface area contributed by atoms with E-state index in [4.69, 9.17) is 9.47 Å². The zero-order valence-corrected chi connectivity index (χ0v) is 18.7. The molecule has 1 N–H and O–H groups in total. The van der Waals surface area contributed by atoms with E-state index in [1.165, 1.54) is 6.33 Å². The van der Waals surface area contributed by atoms with Gasteiger partial charge in [0.2, 0.25) is 0 Å². The van der Waals surface area contributed by atoms with E-state index in [9.17, 15) is 9.59 Å². The number of nitrogens with one attached hydrogen (secondary N) is 1. The van der Waals surface area contributed by atoms with Gasteiger partial charge in [0.25, 0.3) is 0 Å². The van der Waals surface area contributed by atoms with Crippen LogP contribution < -0.4 is 0 Å². The monoisotopic (exact) mass is 436 g/mol. The van der Waals surface area contributed by atoms with E-state index in [0.29, 0.717) is 5.65 Å². The lowest BCUT2D eigenvalue weighted by molar-refractivity contribution is -0.171. The van der Waals surface area contributed by atoms with Gasteiger partial charge in [0.1, 0.15) is 11.8 Å². The van der Waals surface area contributed by atoms with Crippen LogP contribution in [0, 0.1) is 5.41 Å². The molecule has 0 radical (unpaired) electrons. The van der Waals surface area contributed by atoms with Gasteiger partial charge in [-0.15, -0.1) is 0 Å². The van der Waals surface area contributed by atoms with Crippen molar-refractivity contribution in [2.24, 2.45) is 5.41 Å². The predicted octanol–water partition coefficient (Wildman–Crippen LogP) is 3.57. The number of benzene rings is 1. The first kappa shape index (κ1) is 21.9. The molecule has 168 valence electrons. The van der Waals surface area contributed by atoms with Crippen LogP contribution in [0.15, 0.2) is 24.8 Å². The van der Waals surface area contributed by atoms with Crippen LogP contribution in [-0.4, -0.2) is 45.1 Å². The summed E-state index contributed by atoms with van der Waals surface area (Å²) in [5.74, 6) is -1.05. The van der Waals surface area contributed by atoms with Gasteiger partial charge in [-0.05, 0) is 62.3 Å². The van der Waals surface area contributed by atoms with Crippen LogP contribution in [0.3, 0.4) is 0 Å². The van der Waals surface area contributed by atoms with Gasteiger partial charge in [0.15, 0.2) is 11.1 Å². The Morgan fingerprint density at radius 3 is 2.34 bits per heavy atom. The number of imidazole rings is 1. The van der Waals surface area contributed by atoms with E-state index >= 15 is 0 Å². The molecule has 2 heterocycles. The van der Waals surface area contributed by atoms with Crippen molar-refractivity contribution < 1.29 is 19.1 Å². The summed E-state index contributed by atoms with van der Waals surface area (Å²) in [4.78, 5) is 42.1. The van der Waals surface area contributed by atoms with Gasteiger partial charge in [0.05, 0.1) is 25.2 Å². The minimum absolute atomic E-state index is 0.210. The molecule has 1 aliphatic rings. The van der Waals surface area contributed by atoms with Gasteiger partial charge in [-0.25, -0.2) is 15.0 Å². The Morgan fingerprint density at radius 1 is 1.00 bits per heavy atom. The molecule has 0 aliphatic heterocycles. The number of hydrogen-bond donors (Lipinski definition) is 1. The van der Waals surface area contributed by atoms with Crippen molar-refractivity contribution in [2.75, 3.05) is 13.2 Å². The summed E-state index contributed by atoms with van der Waals surface area (Å²) in [5.41, 5.74) is 4.81. The average molecular weight is 437 g/mol. The molecule has 0 unspecified atom stereocenters. The lowest BCUT2D eigenvalue weighted by Gasteiger charge is -2.23. The maximum Gasteiger partial charge on any atom is 0.324 e. The fourth-order valence-corrected chi connectivity index (χ4v) is 4.46. The van der Waals surface area contributed by atoms with Crippen LogP contribution in [0.2, 0.25) is 0 Å². The number of carbonyl (C=O) groups is 2. The third-order valence-electron chi connectivity index (χ3n) is 6.02. The van der Waals surface area contributed by atoms with Crippen LogP contribution in [0.4, 0.5) is 0 Å². The number of aromatic amines is 1. The largest absolute Gasteiger partial charge is 0.465 e. The minimum Gasteiger partial charge on any atom is -0.465 e. The van der Waals surface area contributed by atoms with E-state index in [1.807, 2.05) is 0 Å². The van der Waals surface area contributed by atoms with Crippen molar-refractivity contribution in [3.63, 3.8) is 0 Å². The van der Waals surface area contributed by atoms with Crippen LogP contribution >= 0.6 is 0 Å². The van der Waals surface area contributed by atoms with E-state index < -0.39 is 17.4 Å². The summed E-state index contributed by atoms with van der Waals surface area (Å²) in [6.45, 7) is 6.05. The summed E-state index contributed by atoms with van der Waals surface area (Å²) in [5, 5.41) is 0. The first-order valence-electron chi connectivity index (χ1n) is 11.2. The molecular formula is C24H28N4O4. The Labute approximate surface area is 186 Å². The molecule has 1 aliphatic carbocycles. The highest BCUT2D eigenvalue weighted by Gasteiger charge is 2.53. The Bertz CT molecular complexity index is 1140. The maximum atomic E-state index is 12.9. The molecule has 3 aromatic rings. The highest BCUT2D eigenvalue weighted by molar-refractivity contribution is 6.02. The molecule has 8 heteroatoms.